The van der Waals surface area contributed by atoms with Gasteiger partial charge in [-0.1, -0.05) is 13.0 Å². The highest BCUT2D eigenvalue weighted by atomic mass is 16.5. The van der Waals surface area contributed by atoms with Gasteiger partial charge in [-0.25, -0.2) is 0 Å². The molecule has 0 amide bonds. The third-order valence-corrected chi connectivity index (χ3v) is 4.73. The van der Waals surface area contributed by atoms with E-state index in [1.165, 1.54) is 12.8 Å². The van der Waals surface area contributed by atoms with Crippen LogP contribution in [0.1, 0.15) is 55.3 Å². The maximum atomic E-state index is 12.0. The zero-order chi connectivity index (χ0) is 16.4. The Morgan fingerprint density at radius 3 is 2.52 bits per heavy atom. The molecule has 1 saturated carbocycles. The number of aromatic nitrogens is 2. The number of aromatic amines is 2. The fraction of sp³-hybridized carbons (Fsp3) is 0.500. The minimum Gasteiger partial charge on any atom is -0.493 e. The number of H-pyrrole nitrogens is 2. The summed E-state index contributed by atoms with van der Waals surface area (Å²) in [7, 11) is 1.65. The number of ether oxygens (including phenoxy) is 2. The van der Waals surface area contributed by atoms with Crippen LogP contribution in [0.3, 0.4) is 0 Å². The zero-order valence-corrected chi connectivity index (χ0v) is 13.9. The Kier molecular flexibility index (Phi) is 4.46. The van der Waals surface area contributed by atoms with Crippen LogP contribution in [0.25, 0.3) is 0 Å². The van der Waals surface area contributed by atoms with Gasteiger partial charge in [0.2, 0.25) is 0 Å². The van der Waals surface area contributed by atoms with E-state index in [0.29, 0.717) is 0 Å². The van der Waals surface area contributed by atoms with Crippen molar-refractivity contribution in [2.24, 2.45) is 0 Å². The predicted molar refractivity (Wildman–Crippen MR) is 89.5 cm³/mol. The van der Waals surface area contributed by atoms with Crippen molar-refractivity contribution in [2.45, 2.75) is 51.6 Å². The van der Waals surface area contributed by atoms with Crippen LogP contribution in [0.2, 0.25) is 0 Å². The van der Waals surface area contributed by atoms with Gasteiger partial charge in [-0.15, -0.1) is 0 Å². The first-order valence-electron chi connectivity index (χ1n) is 8.22. The molecule has 0 bridgehead atoms. The highest BCUT2D eigenvalue weighted by Gasteiger charge is 2.21. The molecule has 1 heterocycles. The molecule has 0 saturated heterocycles. The fourth-order valence-corrected chi connectivity index (χ4v) is 3.38. The van der Waals surface area contributed by atoms with Gasteiger partial charge in [-0.3, -0.25) is 9.89 Å². The van der Waals surface area contributed by atoms with Gasteiger partial charge in [0, 0.05) is 17.2 Å². The summed E-state index contributed by atoms with van der Waals surface area (Å²) in [6, 6.07) is 5.93. The zero-order valence-electron chi connectivity index (χ0n) is 13.9. The lowest BCUT2D eigenvalue weighted by atomic mass is 9.93. The number of rotatable bonds is 5. The summed E-state index contributed by atoms with van der Waals surface area (Å²) in [5.41, 5.74) is 2.62. The SMILES string of the molecule is COc1ccc(C(C)c2c(C)[nH][nH]c2=O)cc1OC1CCCC1. The largest absolute Gasteiger partial charge is 0.493 e. The first-order valence-corrected chi connectivity index (χ1v) is 8.22. The predicted octanol–water partition coefficient (Wildman–Crippen LogP) is 3.49. The average Bonchev–Trinajstić information content (AvgIpc) is 3.17. The molecule has 2 aromatic rings. The normalized spacial score (nSPS) is 16.5. The molecule has 2 N–H and O–H groups in total. The Morgan fingerprint density at radius 1 is 1.17 bits per heavy atom. The van der Waals surface area contributed by atoms with E-state index in [1.54, 1.807) is 7.11 Å². The van der Waals surface area contributed by atoms with E-state index in [1.807, 2.05) is 32.0 Å². The maximum absolute atomic E-state index is 12.0. The Balaban J connectivity index is 1.92. The van der Waals surface area contributed by atoms with E-state index in [9.17, 15) is 4.79 Å². The molecule has 1 aliphatic carbocycles. The van der Waals surface area contributed by atoms with Crippen molar-refractivity contribution in [3.8, 4) is 11.5 Å². The van der Waals surface area contributed by atoms with E-state index >= 15 is 0 Å². The van der Waals surface area contributed by atoms with Crippen LogP contribution in [-0.4, -0.2) is 23.4 Å². The topological polar surface area (TPSA) is 67.1 Å². The Labute approximate surface area is 136 Å². The number of hydrogen-bond donors (Lipinski definition) is 2. The first-order chi connectivity index (χ1) is 11.1. The van der Waals surface area contributed by atoms with Crippen LogP contribution in [0.5, 0.6) is 11.5 Å². The van der Waals surface area contributed by atoms with Gasteiger partial charge in [0.1, 0.15) is 0 Å². The lowest BCUT2D eigenvalue weighted by Gasteiger charge is -2.18. The summed E-state index contributed by atoms with van der Waals surface area (Å²) < 4.78 is 11.6. The van der Waals surface area contributed by atoms with Crippen molar-refractivity contribution in [2.75, 3.05) is 7.11 Å². The molecule has 1 aromatic heterocycles. The number of methoxy groups -OCH3 is 1. The number of aryl methyl sites for hydroxylation is 1. The molecule has 124 valence electrons. The molecule has 0 spiro atoms. The van der Waals surface area contributed by atoms with Crippen molar-refractivity contribution in [3.05, 3.63) is 45.4 Å². The summed E-state index contributed by atoms with van der Waals surface area (Å²) in [6.07, 6.45) is 4.91. The van der Waals surface area contributed by atoms with Crippen molar-refractivity contribution in [1.82, 2.24) is 10.2 Å². The summed E-state index contributed by atoms with van der Waals surface area (Å²) in [4.78, 5) is 12.0. The van der Waals surface area contributed by atoms with E-state index < -0.39 is 0 Å². The van der Waals surface area contributed by atoms with Crippen LogP contribution in [0.15, 0.2) is 23.0 Å². The monoisotopic (exact) mass is 316 g/mol. The summed E-state index contributed by atoms with van der Waals surface area (Å²) in [5, 5.41) is 5.54. The average molecular weight is 316 g/mol. The van der Waals surface area contributed by atoms with Crippen LogP contribution in [-0.2, 0) is 0 Å². The van der Waals surface area contributed by atoms with E-state index in [2.05, 4.69) is 10.2 Å². The molecule has 5 nitrogen and oxygen atoms in total. The fourth-order valence-electron chi connectivity index (χ4n) is 3.38. The lowest BCUT2D eigenvalue weighted by molar-refractivity contribution is 0.200. The van der Waals surface area contributed by atoms with Crippen LogP contribution >= 0.6 is 0 Å². The van der Waals surface area contributed by atoms with Gasteiger partial charge in [0.25, 0.3) is 5.56 Å². The third kappa shape index (κ3) is 3.14. The molecule has 1 fully saturated rings. The lowest BCUT2D eigenvalue weighted by Crippen LogP contribution is -2.13. The molecule has 0 radical (unpaired) electrons. The van der Waals surface area contributed by atoms with Gasteiger partial charge < -0.3 is 14.6 Å². The molecular weight excluding hydrogens is 292 g/mol. The van der Waals surface area contributed by atoms with Gasteiger partial charge >= 0.3 is 0 Å². The minimum atomic E-state index is -0.0657. The maximum Gasteiger partial charge on any atom is 0.267 e. The molecule has 3 rings (SSSR count). The standard InChI is InChI=1S/C18H24N2O3/c1-11(17-12(2)19-20-18(17)21)13-8-9-15(22-3)16(10-13)23-14-6-4-5-7-14/h8-11,14H,4-7H2,1-3H3,(H2,19,20,21). The number of nitrogens with one attached hydrogen (secondary N) is 2. The highest BCUT2D eigenvalue weighted by molar-refractivity contribution is 5.46. The van der Waals surface area contributed by atoms with Gasteiger partial charge in [-0.2, -0.15) is 0 Å². The third-order valence-electron chi connectivity index (χ3n) is 4.73. The summed E-state index contributed by atoms with van der Waals surface area (Å²) in [6.45, 7) is 3.94. The summed E-state index contributed by atoms with van der Waals surface area (Å²) in [5.74, 6) is 1.50. The second-order valence-corrected chi connectivity index (χ2v) is 6.27. The van der Waals surface area contributed by atoms with Gasteiger partial charge in [-0.05, 0) is 50.3 Å². The number of hydrogen-bond acceptors (Lipinski definition) is 3. The van der Waals surface area contributed by atoms with E-state index in [0.717, 1.165) is 41.2 Å². The van der Waals surface area contributed by atoms with E-state index in [4.69, 9.17) is 9.47 Å². The first kappa shape index (κ1) is 15.7. The molecule has 5 heteroatoms. The van der Waals surface area contributed by atoms with Crippen molar-refractivity contribution >= 4 is 0 Å². The molecule has 23 heavy (non-hydrogen) atoms. The van der Waals surface area contributed by atoms with Crippen LogP contribution < -0.4 is 15.0 Å². The van der Waals surface area contributed by atoms with Crippen LogP contribution in [0, 0.1) is 6.92 Å². The number of benzene rings is 1. The molecular formula is C18H24N2O3. The van der Waals surface area contributed by atoms with Crippen molar-refractivity contribution in [1.29, 1.82) is 0 Å². The van der Waals surface area contributed by atoms with Gasteiger partial charge in [0.05, 0.1) is 13.2 Å². The van der Waals surface area contributed by atoms with Crippen molar-refractivity contribution in [3.63, 3.8) is 0 Å². The molecule has 1 unspecified atom stereocenters. The highest BCUT2D eigenvalue weighted by Crippen LogP contribution is 2.35. The quantitative estimate of drug-likeness (QED) is 0.887. The Morgan fingerprint density at radius 2 is 1.91 bits per heavy atom. The molecule has 1 aromatic carbocycles. The van der Waals surface area contributed by atoms with Crippen LogP contribution in [0.4, 0.5) is 0 Å². The van der Waals surface area contributed by atoms with E-state index in [-0.39, 0.29) is 17.6 Å². The second-order valence-electron chi connectivity index (χ2n) is 6.27. The van der Waals surface area contributed by atoms with Gasteiger partial charge in [0.15, 0.2) is 11.5 Å². The molecule has 1 atom stereocenters. The Bertz CT molecular complexity index is 726. The summed E-state index contributed by atoms with van der Waals surface area (Å²) >= 11 is 0. The molecule has 1 aliphatic rings. The minimum absolute atomic E-state index is 0.0122. The second kappa shape index (κ2) is 6.52. The Hall–Kier alpha value is -2.17. The van der Waals surface area contributed by atoms with Crippen molar-refractivity contribution < 1.29 is 9.47 Å². The molecule has 0 aliphatic heterocycles. The smallest absolute Gasteiger partial charge is 0.267 e.